The number of rotatable bonds is 4. The summed E-state index contributed by atoms with van der Waals surface area (Å²) in [6, 6.07) is 17.2. The molecule has 2 amide bonds. The molecule has 1 heterocycles. The second-order valence-electron chi connectivity index (χ2n) is 8.35. The molecule has 148 valence electrons. The molecule has 0 bridgehead atoms. The lowest BCUT2D eigenvalue weighted by atomic mass is 9.64. The van der Waals surface area contributed by atoms with E-state index < -0.39 is 0 Å². The zero-order valence-corrected chi connectivity index (χ0v) is 17.1. The Balaban J connectivity index is 1.33. The van der Waals surface area contributed by atoms with Crippen molar-refractivity contribution in [1.29, 1.82) is 0 Å². The quantitative estimate of drug-likeness (QED) is 0.864. The van der Waals surface area contributed by atoms with Crippen molar-refractivity contribution in [3.8, 4) is 0 Å². The maximum absolute atomic E-state index is 12.8. The molecule has 2 aromatic rings. The van der Waals surface area contributed by atoms with Crippen LogP contribution in [0.3, 0.4) is 0 Å². The van der Waals surface area contributed by atoms with Gasteiger partial charge in [-0.15, -0.1) is 0 Å². The summed E-state index contributed by atoms with van der Waals surface area (Å²) in [4.78, 5) is 17.2. The molecule has 1 aliphatic carbocycles. The summed E-state index contributed by atoms with van der Waals surface area (Å²) in [5.74, 6) is 0. The normalized spacial score (nSPS) is 18.5. The number of benzene rings is 2. The number of hydrogen-bond donors (Lipinski definition) is 1. The Kier molecular flexibility index (Phi) is 5.29. The minimum atomic E-state index is 0.0859. The molecule has 0 atom stereocenters. The van der Waals surface area contributed by atoms with E-state index in [1.807, 2.05) is 4.90 Å². The molecular weight excluding hydrogens is 346 g/mol. The van der Waals surface area contributed by atoms with Gasteiger partial charge in [0, 0.05) is 43.8 Å². The van der Waals surface area contributed by atoms with Crippen molar-refractivity contribution in [2.75, 3.05) is 37.6 Å². The predicted molar refractivity (Wildman–Crippen MR) is 115 cm³/mol. The van der Waals surface area contributed by atoms with Gasteiger partial charge in [-0.3, -0.25) is 0 Å². The van der Waals surface area contributed by atoms with Crippen LogP contribution in [0.1, 0.15) is 36.0 Å². The Morgan fingerprint density at radius 2 is 1.68 bits per heavy atom. The van der Waals surface area contributed by atoms with Crippen LogP contribution in [0.2, 0.25) is 0 Å². The highest BCUT2D eigenvalue weighted by Crippen LogP contribution is 2.43. The smallest absolute Gasteiger partial charge is 0.317 e. The molecule has 0 aromatic heterocycles. The third kappa shape index (κ3) is 3.60. The van der Waals surface area contributed by atoms with Gasteiger partial charge in [-0.25, -0.2) is 4.79 Å². The molecule has 4 nitrogen and oxygen atoms in total. The number of anilines is 1. The molecule has 1 N–H and O–H groups in total. The molecule has 2 fully saturated rings. The van der Waals surface area contributed by atoms with E-state index in [9.17, 15) is 4.79 Å². The molecule has 2 aliphatic rings. The average molecular weight is 378 g/mol. The van der Waals surface area contributed by atoms with Crippen molar-refractivity contribution in [3.63, 3.8) is 0 Å². The number of amides is 2. The van der Waals surface area contributed by atoms with E-state index >= 15 is 0 Å². The maximum atomic E-state index is 12.8. The second-order valence-corrected chi connectivity index (χ2v) is 8.35. The number of piperazine rings is 1. The number of nitrogens with zero attached hydrogens (tertiary/aromatic N) is 2. The number of hydrogen-bond acceptors (Lipinski definition) is 2. The van der Waals surface area contributed by atoms with Crippen LogP contribution in [-0.2, 0) is 5.41 Å². The van der Waals surface area contributed by atoms with E-state index in [1.165, 1.54) is 28.8 Å². The topological polar surface area (TPSA) is 35.6 Å². The lowest BCUT2D eigenvalue weighted by Gasteiger charge is -2.43. The van der Waals surface area contributed by atoms with Gasteiger partial charge in [-0.1, -0.05) is 48.9 Å². The van der Waals surface area contributed by atoms with Crippen molar-refractivity contribution in [2.45, 2.75) is 38.5 Å². The Labute approximate surface area is 168 Å². The molecule has 1 aliphatic heterocycles. The van der Waals surface area contributed by atoms with Gasteiger partial charge in [0.15, 0.2) is 0 Å². The number of carbonyl (C=O) groups is 1. The summed E-state index contributed by atoms with van der Waals surface area (Å²) in [6.07, 6.45) is 3.58. The molecule has 0 unspecified atom stereocenters. The van der Waals surface area contributed by atoms with Gasteiger partial charge in [-0.05, 0) is 49.4 Å². The first-order valence-corrected chi connectivity index (χ1v) is 10.5. The highest BCUT2D eigenvalue weighted by Gasteiger charge is 2.39. The van der Waals surface area contributed by atoms with Gasteiger partial charge in [-0.2, -0.15) is 0 Å². The zero-order valence-electron chi connectivity index (χ0n) is 17.1. The third-order valence-corrected chi connectivity index (χ3v) is 6.76. The van der Waals surface area contributed by atoms with Gasteiger partial charge in [0.25, 0.3) is 0 Å². The molecular formula is C24H31N3O. The third-order valence-electron chi connectivity index (χ3n) is 6.76. The van der Waals surface area contributed by atoms with E-state index in [0.717, 1.165) is 45.6 Å². The van der Waals surface area contributed by atoms with E-state index in [2.05, 4.69) is 72.6 Å². The van der Waals surface area contributed by atoms with E-state index in [1.54, 1.807) is 0 Å². The fourth-order valence-electron chi connectivity index (χ4n) is 4.55. The van der Waals surface area contributed by atoms with Crippen molar-refractivity contribution < 1.29 is 4.79 Å². The summed E-state index contributed by atoms with van der Waals surface area (Å²) >= 11 is 0. The van der Waals surface area contributed by atoms with Gasteiger partial charge < -0.3 is 15.1 Å². The molecule has 1 saturated heterocycles. The Morgan fingerprint density at radius 1 is 0.964 bits per heavy atom. The van der Waals surface area contributed by atoms with E-state index in [0.29, 0.717) is 0 Å². The Morgan fingerprint density at radius 3 is 2.32 bits per heavy atom. The van der Waals surface area contributed by atoms with Crippen LogP contribution >= 0.6 is 0 Å². The lowest BCUT2D eigenvalue weighted by Crippen LogP contribution is -2.54. The standard InChI is InChI=1S/C24H31N3O/c1-19-8-6-11-22(20(19)2)26-14-16-27(17-15-26)23(28)25-18-24(12-7-13-24)21-9-4-3-5-10-21/h3-6,8-11H,7,12-18H2,1-2H3,(H,25,28). The summed E-state index contributed by atoms with van der Waals surface area (Å²) in [7, 11) is 0. The number of aryl methyl sites for hydroxylation is 1. The van der Waals surface area contributed by atoms with Gasteiger partial charge >= 0.3 is 6.03 Å². The van der Waals surface area contributed by atoms with Crippen LogP contribution in [0.25, 0.3) is 0 Å². The summed E-state index contributed by atoms with van der Waals surface area (Å²) in [5, 5.41) is 3.24. The number of carbonyl (C=O) groups excluding carboxylic acids is 1. The molecule has 0 spiro atoms. The molecule has 1 saturated carbocycles. The highest BCUT2D eigenvalue weighted by molar-refractivity contribution is 5.75. The second kappa shape index (κ2) is 7.86. The van der Waals surface area contributed by atoms with E-state index in [4.69, 9.17) is 0 Å². The van der Waals surface area contributed by atoms with Crippen LogP contribution in [0.15, 0.2) is 48.5 Å². The monoisotopic (exact) mass is 377 g/mol. The predicted octanol–water partition coefficient (Wildman–Crippen LogP) is 4.26. The largest absolute Gasteiger partial charge is 0.368 e. The number of urea groups is 1. The Hall–Kier alpha value is -2.49. The SMILES string of the molecule is Cc1cccc(N2CCN(C(=O)NCC3(c4ccccc4)CCC3)CC2)c1C. The molecule has 2 aromatic carbocycles. The Bertz CT molecular complexity index is 821. The minimum Gasteiger partial charge on any atom is -0.368 e. The first-order valence-electron chi connectivity index (χ1n) is 10.5. The van der Waals surface area contributed by atoms with Crippen molar-refractivity contribution in [2.24, 2.45) is 0 Å². The average Bonchev–Trinajstić information content (AvgIpc) is 2.70. The van der Waals surface area contributed by atoms with Crippen molar-refractivity contribution in [1.82, 2.24) is 10.2 Å². The lowest BCUT2D eigenvalue weighted by molar-refractivity contribution is 0.180. The molecule has 4 rings (SSSR count). The van der Waals surface area contributed by atoms with Crippen LogP contribution in [0.4, 0.5) is 10.5 Å². The summed E-state index contributed by atoms with van der Waals surface area (Å²) in [6.45, 7) is 8.42. The van der Waals surface area contributed by atoms with Crippen molar-refractivity contribution in [3.05, 3.63) is 65.2 Å². The van der Waals surface area contributed by atoms with E-state index in [-0.39, 0.29) is 11.4 Å². The molecule has 28 heavy (non-hydrogen) atoms. The van der Waals surface area contributed by atoms with Crippen LogP contribution in [0.5, 0.6) is 0 Å². The van der Waals surface area contributed by atoms with Gasteiger partial charge in [0.2, 0.25) is 0 Å². The first-order chi connectivity index (χ1) is 13.6. The molecule has 0 radical (unpaired) electrons. The first kappa shape index (κ1) is 18.9. The van der Waals surface area contributed by atoms with Gasteiger partial charge in [0.05, 0.1) is 0 Å². The maximum Gasteiger partial charge on any atom is 0.317 e. The van der Waals surface area contributed by atoms with Crippen molar-refractivity contribution >= 4 is 11.7 Å². The fourth-order valence-corrected chi connectivity index (χ4v) is 4.55. The fraction of sp³-hybridized carbons (Fsp3) is 0.458. The zero-order chi connectivity index (χ0) is 19.6. The number of nitrogens with one attached hydrogen (secondary N) is 1. The molecule has 4 heteroatoms. The van der Waals surface area contributed by atoms with Crippen LogP contribution in [0, 0.1) is 13.8 Å². The highest BCUT2D eigenvalue weighted by atomic mass is 16.2. The summed E-state index contributed by atoms with van der Waals surface area (Å²) < 4.78 is 0. The minimum absolute atomic E-state index is 0.0859. The van der Waals surface area contributed by atoms with Crippen LogP contribution in [-0.4, -0.2) is 43.7 Å². The van der Waals surface area contributed by atoms with Crippen LogP contribution < -0.4 is 10.2 Å². The van der Waals surface area contributed by atoms with Gasteiger partial charge in [0.1, 0.15) is 0 Å². The summed E-state index contributed by atoms with van der Waals surface area (Å²) in [5.41, 5.74) is 5.47.